The largest absolute Gasteiger partial charge is 0.333 e. The maximum Gasteiger partial charge on any atom is 0.242 e. The smallest absolute Gasteiger partial charge is 0.242 e. The van der Waals surface area contributed by atoms with Crippen molar-refractivity contribution in [2.45, 2.75) is 19.4 Å². The lowest BCUT2D eigenvalue weighted by Crippen LogP contribution is -2.47. The summed E-state index contributed by atoms with van der Waals surface area (Å²) in [5.74, 6) is -0.507. The molecule has 0 bridgehead atoms. The maximum atomic E-state index is 13.1. The van der Waals surface area contributed by atoms with Crippen LogP contribution in [0, 0.1) is 0 Å². The van der Waals surface area contributed by atoms with E-state index < -0.39 is 0 Å². The van der Waals surface area contributed by atoms with Crippen LogP contribution in [-0.2, 0) is 16.0 Å². The van der Waals surface area contributed by atoms with Crippen LogP contribution in [0.2, 0.25) is 10.0 Å². The Morgan fingerprint density at radius 2 is 2.04 bits per heavy atom. The molecule has 0 spiro atoms. The van der Waals surface area contributed by atoms with Crippen LogP contribution in [0.3, 0.4) is 0 Å². The minimum Gasteiger partial charge on any atom is -0.333 e. The first-order chi connectivity index (χ1) is 13.0. The SMILES string of the molecule is CCN(CC(=O)N1CCc2sccc2C1c1ccc(Cl)cc1Cl)C(=O)CCl. The highest BCUT2D eigenvalue weighted by Crippen LogP contribution is 2.41. The lowest BCUT2D eigenvalue weighted by Gasteiger charge is -2.37. The van der Waals surface area contributed by atoms with Crippen LogP contribution in [0.5, 0.6) is 0 Å². The van der Waals surface area contributed by atoms with Crippen LogP contribution in [0.25, 0.3) is 0 Å². The van der Waals surface area contributed by atoms with E-state index in [0.29, 0.717) is 23.1 Å². The summed E-state index contributed by atoms with van der Waals surface area (Å²) in [6, 6.07) is 7.08. The van der Waals surface area contributed by atoms with Gasteiger partial charge in [0.1, 0.15) is 5.88 Å². The van der Waals surface area contributed by atoms with Crippen molar-refractivity contribution in [1.82, 2.24) is 9.80 Å². The van der Waals surface area contributed by atoms with Gasteiger partial charge in [-0.15, -0.1) is 22.9 Å². The Labute approximate surface area is 177 Å². The van der Waals surface area contributed by atoms with Crippen LogP contribution < -0.4 is 0 Å². The summed E-state index contributed by atoms with van der Waals surface area (Å²) < 4.78 is 0. The summed E-state index contributed by atoms with van der Waals surface area (Å²) in [6.45, 7) is 2.84. The monoisotopic (exact) mass is 444 g/mol. The first kappa shape index (κ1) is 20.5. The van der Waals surface area contributed by atoms with Gasteiger partial charge in [-0.3, -0.25) is 9.59 Å². The second-order valence-corrected chi connectivity index (χ2v) is 8.36. The molecule has 4 nitrogen and oxygen atoms in total. The zero-order valence-corrected chi connectivity index (χ0v) is 17.8. The van der Waals surface area contributed by atoms with E-state index in [9.17, 15) is 9.59 Å². The highest BCUT2D eigenvalue weighted by Gasteiger charge is 2.34. The topological polar surface area (TPSA) is 40.6 Å². The average Bonchev–Trinajstić information content (AvgIpc) is 3.13. The Bertz CT molecular complexity index is 855. The van der Waals surface area contributed by atoms with Gasteiger partial charge in [0, 0.05) is 28.0 Å². The summed E-state index contributed by atoms with van der Waals surface area (Å²) in [7, 11) is 0. The molecule has 144 valence electrons. The number of rotatable bonds is 5. The molecule has 1 aliphatic rings. The van der Waals surface area contributed by atoms with Gasteiger partial charge in [-0.1, -0.05) is 29.3 Å². The van der Waals surface area contributed by atoms with E-state index >= 15 is 0 Å². The molecule has 1 aromatic heterocycles. The Kier molecular flexibility index (Phi) is 6.69. The number of thiophene rings is 1. The fraction of sp³-hybridized carbons (Fsp3) is 0.368. The van der Waals surface area contributed by atoms with E-state index in [1.807, 2.05) is 24.4 Å². The summed E-state index contributed by atoms with van der Waals surface area (Å²) in [4.78, 5) is 29.6. The number of nitrogens with zero attached hydrogens (tertiary/aromatic N) is 2. The fourth-order valence-electron chi connectivity index (χ4n) is 3.36. The van der Waals surface area contributed by atoms with Crippen LogP contribution in [-0.4, -0.2) is 47.1 Å². The highest BCUT2D eigenvalue weighted by atomic mass is 35.5. The van der Waals surface area contributed by atoms with Gasteiger partial charge in [0.05, 0.1) is 12.6 Å². The number of carbonyl (C=O) groups is 2. The van der Waals surface area contributed by atoms with Crippen LogP contribution in [0.1, 0.15) is 29.0 Å². The quantitative estimate of drug-likeness (QED) is 0.630. The summed E-state index contributed by atoms with van der Waals surface area (Å²) in [6.07, 6.45) is 0.788. The van der Waals surface area contributed by atoms with Crippen molar-refractivity contribution in [1.29, 1.82) is 0 Å². The van der Waals surface area contributed by atoms with Crippen molar-refractivity contribution in [3.8, 4) is 0 Å². The van der Waals surface area contributed by atoms with E-state index in [4.69, 9.17) is 34.8 Å². The van der Waals surface area contributed by atoms with Crippen molar-refractivity contribution in [3.05, 3.63) is 55.7 Å². The molecular formula is C19H19Cl3N2O2S. The van der Waals surface area contributed by atoms with E-state index in [1.54, 1.807) is 28.4 Å². The molecular weight excluding hydrogens is 427 g/mol. The normalized spacial score (nSPS) is 16.1. The molecule has 1 unspecified atom stereocenters. The van der Waals surface area contributed by atoms with Gasteiger partial charge in [-0.2, -0.15) is 0 Å². The molecule has 27 heavy (non-hydrogen) atoms. The molecule has 3 rings (SSSR count). The minimum absolute atomic E-state index is 0.00321. The lowest BCUT2D eigenvalue weighted by atomic mass is 9.93. The number of halogens is 3. The van der Waals surface area contributed by atoms with Crippen molar-refractivity contribution < 1.29 is 9.59 Å². The van der Waals surface area contributed by atoms with Gasteiger partial charge in [0.15, 0.2) is 0 Å². The molecule has 2 aromatic rings. The number of hydrogen-bond acceptors (Lipinski definition) is 3. The van der Waals surface area contributed by atoms with Gasteiger partial charge in [-0.25, -0.2) is 0 Å². The molecule has 2 heterocycles. The summed E-state index contributed by atoms with van der Waals surface area (Å²) in [5, 5.41) is 3.10. The second-order valence-electron chi connectivity index (χ2n) is 6.25. The number of hydrogen-bond donors (Lipinski definition) is 0. The highest BCUT2D eigenvalue weighted by molar-refractivity contribution is 7.10. The van der Waals surface area contributed by atoms with Gasteiger partial charge in [0.2, 0.25) is 11.8 Å². The molecule has 0 radical (unpaired) electrons. The zero-order valence-electron chi connectivity index (χ0n) is 14.8. The Balaban J connectivity index is 1.96. The van der Waals surface area contributed by atoms with Crippen LogP contribution >= 0.6 is 46.1 Å². The van der Waals surface area contributed by atoms with E-state index in [1.165, 1.54) is 9.78 Å². The third-order valence-corrected chi connectivity index (χ3v) is 6.51. The van der Waals surface area contributed by atoms with Crippen LogP contribution in [0.15, 0.2) is 29.6 Å². The zero-order chi connectivity index (χ0) is 19.6. The standard InChI is InChI=1S/C19H19Cl3N2O2S/c1-2-23(17(25)10-20)11-18(26)24-7-5-16-14(6-8-27-16)19(24)13-4-3-12(21)9-15(13)22/h3-4,6,8-9,19H,2,5,7,10-11H2,1H3. The lowest BCUT2D eigenvalue weighted by molar-refractivity contribution is -0.140. The summed E-state index contributed by atoms with van der Waals surface area (Å²) >= 11 is 19.9. The number of likely N-dealkylation sites (N-methyl/N-ethyl adjacent to an activating group) is 1. The number of fused-ring (bicyclic) bond motifs is 1. The number of carbonyl (C=O) groups excluding carboxylic acids is 2. The van der Waals surface area contributed by atoms with Crippen molar-refractivity contribution in [3.63, 3.8) is 0 Å². The number of alkyl halides is 1. The molecule has 0 aliphatic carbocycles. The molecule has 8 heteroatoms. The Hall–Kier alpha value is -1.27. The maximum absolute atomic E-state index is 13.1. The van der Waals surface area contributed by atoms with Gasteiger partial charge in [-0.05, 0) is 48.1 Å². The van der Waals surface area contributed by atoms with E-state index in [2.05, 4.69) is 0 Å². The van der Waals surface area contributed by atoms with E-state index in [-0.39, 0.29) is 30.3 Å². The summed E-state index contributed by atoms with van der Waals surface area (Å²) in [5.41, 5.74) is 1.91. The molecule has 2 amide bonds. The molecule has 0 saturated carbocycles. The molecule has 1 aromatic carbocycles. The van der Waals surface area contributed by atoms with Crippen LogP contribution in [0.4, 0.5) is 0 Å². The molecule has 0 saturated heterocycles. The molecule has 1 aliphatic heterocycles. The van der Waals surface area contributed by atoms with Gasteiger partial charge >= 0.3 is 0 Å². The van der Waals surface area contributed by atoms with Gasteiger partial charge in [0.25, 0.3) is 0 Å². The third-order valence-electron chi connectivity index (χ3n) is 4.72. The Morgan fingerprint density at radius 3 is 2.70 bits per heavy atom. The third kappa shape index (κ3) is 4.27. The molecule has 0 N–H and O–H groups in total. The first-order valence-electron chi connectivity index (χ1n) is 8.60. The van der Waals surface area contributed by atoms with Crippen molar-refractivity contribution in [2.75, 3.05) is 25.5 Å². The number of amides is 2. The number of benzene rings is 1. The average molecular weight is 446 g/mol. The predicted molar refractivity (Wildman–Crippen MR) is 111 cm³/mol. The van der Waals surface area contributed by atoms with E-state index in [0.717, 1.165) is 17.5 Å². The minimum atomic E-state index is -0.290. The second kappa shape index (κ2) is 8.82. The molecule has 1 atom stereocenters. The fourth-order valence-corrected chi connectivity index (χ4v) is 4.94. The van der Waals surface area contributed by atoms with Gasteiger partial charge < -0.3 is 9.80 Å². The predicted octanol–water partition coefficient (Wildman–Crippen LogP) is 4.62. The molecule has 0 fully saturated rings. The first-order valence-corrected chi connectivity index (χ1v) is 10.8. The Morgan fingerprint density at radius 1 is 1.26 bits per heavy atom. The van der Waals surface area contributed by atoms with Crippen molar-refractivity contribution in [2.24, 2.45) is 0 Å². The van der Waals surface area contributed by atoms with Crippen molar-refractivity contribution >= 4 is 58.0 Å².